The standard InChI is InChI=1S/C21H27N3O6S2/c22-32(30,19-17(9-25)23-20(31-19)21(29,10-26)11-27)24-18(28)8-16-14-5-1-3-12(14)7-13-4-2-6-15(13)16/h7,25-27,29H,1-6,8-11H2,(H2,22,24,28,30). The fourth-order valence-corrected chi connectivity index (χ4v) is 7.18. The van der Waals surface area contributed by atoms with Gasteiger partial charge in [0.15, 0.2) is 15.5 Å². The Morgan fingerprint density at radius 1 is 1.12 bits per heavy atom. The van der Waals surface area contributed by atoms with Crippen LogP contribution < -0.4 is 5.14 Å². The molecule has 2 aromatic rings. The molecule has 1 aromatic carbocycles. The molecule has 9 nitrogen and oxygen atoms in total. The number of amides is 1. The Hall–Kier alpha value is -1.73. The molecule has 2 aliphatic rings. The maximum absolute atomic E-state index is 13.2. The van der Waals surface area contributed by atoms with Crippen LogP contribution in [0.25, 0.3) is 0 Å². The fraction of sp³-hybridized carbons (Fsp3) is 0.524. The van der Waals surface area contributed by atoms with E-state index in [4.69, 9.17) is 5.14 Å². The number of aliphatic hydroxyl groups is 4. The van der Waals surface area contributed by atoms with Crippen LogP contribution in [0.5, 0.6) is 0 Å². The van der Waals surface area contributed by atoms with E-state index in [0.29, 0.717) is 11.3 Å². The zero-order valence-electron chi connectivity index (χ0n) is 17.5. The number of thiazole rings is 1. The minimum atomic E-state index is -3.76. The molecule has 4 rings (SSSR count). The second kappa shape index (κ2) is 8.90. The zero-order valence-corrected chi connectivity index (χ0v) is 19.2. The minimum Gasteiger partial charge on any atom is -0.393 e. The molecule has 2 aliphatic carbocycles. The lowest BCUT2D eigenvalue weighted by atomic mass is 9.92. The number of carbonyl (C=O) groups is 1. The molecule has 1 unspecified atom stereocenters. The number of aryl methyl sites for hydroxylation is 2. The number of hydrogen-bond donors (Lipinski definition) is 5. The van der Waals surface area contributed by atoms with Gasteiger partial charge in [-0.05, 0) is 66.3 Å². The maximum Gasteiger partial charge on any atom is 0.259 e. The van der Waals surface area contributed by atoms with E-state index >= 15 is 0 Å². The monoisotopic (exact) mass is 481 g/mol. The third-order valence-electron chi connectivity index (χ3n) is 6.16. The van der Waals surface area contributed by atoms with Crippen molar-refractivity contribution in [1.29, 1.82) is 0 Å². The summed E-state index contributed by atoms with van der Waals surface area (Å²) in [7, 11) is -3.76. The first-order chi connectivity index (χ1) is 15.2. The van der Waals surface area contributed by atoms with Gasteiger partial charge >= 0.3 is 0 Å². The summed E-state index contributed by atoms with van der Waals surface area (Å²) in [5.74, 6) is -0.620. The molecule has 1 atom stereocenters. The fourth-order valence-electron chi connectivity index (χ4n) is 4.57. The van der Waals surface area contributed by atoms with Gasteiger partial charge in [-0.3, -0.25) is 4.79 Å². The molecule has 6 N–H and O–H groups in total. The number of fused-ring (bicyclic) bond motifs is 2. The molecule has 1 aromatic heterocycles. The van der Waals surface area contributed by atoms with Crippen molar-refractivity contribution in [3.8, 4) is 0 Å². The molecule has 1 amide bonds. The van der Waals surface area contributed by atoms with Crippen molar-refractivity contribution in [2.75, 3.05) is 13.2 Å². The predicted molar refractivity (Wildman–Crippen MR) is 118 cm³/mol. The van der Waals surface area contributed by atoms with Crippen molar-refractivity contribution in [1.82, 2.24) is 4.98 Å². The van der Waals surface area contributed by atoms with Crippen LogP contribution in [0.2, 0.25) is 0 Å². The largest absolute Gasteiger partial charge is 0.393 e. The number of rotatable bonds is 7. The van der Waals surface area contributed by atoms with E-state index in [2.05, 4.69) is 15.4 Å². The van der Waals surface area contributed by atoms with E-state index < -0.39 is 41.2 Å². The summed E-state index contributed by atoms with van der Waals surface area (Å²) >= 11 is 0.648. The van der Waals surface area contributed by atoms with Gasteiger partial charge < -0.3 is 20.4 Å². The molecule has 0 aliphatic heterocycles. The van der Waals surface area contributed by atoms with Gasteiger partial charge in [0.2, 0.25) is 0 Å². The first-order valence-corrected chi connectivity index (χ1v) is 12.9. The molecule has 174 valence electrons. The van der Waals surface area contributed by atoms with Crippen LogP contribution in [0, 0.1) is 0 Å². The SMILES string of the molecule is NS(=O)(=NC(=O)Cc1c2c(cc3c1CCC3)CCC2)c1sc(C(O)(CO)CO)nc1CO. The highest BCUT2D eigenvalue weighted by Gasteiger charge is 2.34. The summed E-state index contributed by atoms with van der Waals surface area (Å²) in [6.07, 6.45) is 5.93. The first-order valence-electron chi connectivity index (χ1n) is 10.5. The molecule has 32 heavy (non-hydrogen) atoms. The maximum atomic E-state index is 13.2. The van der Waals surface area contributed by atoms with Crippen molar-refractivity contribution in [3.63, 3.8) is 0 Å². The number of nitrogens with zero attached hydrogens (tertiary/aromatic N) is 2. The number of benzene rings is 1. The lowest BCUT2D eigenvalue weighted by molar-refractivity contribution is -0.117. The summed E-state index contributed by atoms with van der Waals surface area (Å²) < 4.78 is 16.8. The number of aromatic nitrogens is 1. The lowest BCUT2D eigenvalue weighted by Crippen LogP contribution is -2.34. The smallest absolute Gasteiger partial charge is 0.259 e. The Labute approximate surface area is 190 Å². The van der Waals surface area contributed by atoms with Gasteiger partial charge in [-0.15, -0.1) is 15.7 Å². The predicted octanol–water partition coefficient (Wildman–Crippen LogP) is 0.255. The lowest BCUT2D eigenvalue weighted by Gasteiger charge is -2.19. The molecule has 0 fully saturated rings. The number of hydrogen-bond acceptors (Lipinski definition) is 8. The van der Waals surface area contributed by atoms with Crippen LogP contribution in [0.1, 0.15) is 51.4 Å². The van der Waals surface area contributed by atoms with Crippen molar-refractivity contribution < 1.29 is 29.4 Å². The average Bonchev–Trinajstić information content (AvgIpc) is 3.51. The third kappa shape index (κ3) is 4.14. The Morgan fingerprint density at radius 3 is 2.25 bits per heavy atom. The van der Waals surface area contributed by atoms with Crippen LogP contribution in [-0.4, -0.2) is 48.7 Å². The average molecular weight is 482 g/mol. The van der Waals surface area contributed by atoms with Crippen LogP contribution in [0.15, 0.2) is 14.6 Å². The molecular formula is C21H27N3O6S2. The minimum absolute atomic E-state index is 0.0109. The van der Waals surface area contributed by atoms with Gasteiger partial charge in [-0.2, -0.15) is 0 Å². The van der Waals surface area contributed by atoms with E-state index in [1.807, 2.05) is 0 Å². The van der Waals surface area contributed by atoms with Gasteiger partial charge in [0.05, 0.1) is 31.9 Å². The van der Waals surface area contributed by atoms with Crippen molar-refractivity contribution in [2.24, 2.45) is 9.50 Å². The topological polar surface area (TPSA) is 166 Å². The van der Waals surface area contributed by atoms with Gasteiger partial charge in [-0.1, -0.05) is 6.07 Å². The van der Waals surface area contributed by atoms with Gasteiger partial charge in [-0.25, -0.2) is 14.3 Å². The van der Waals surface area contributed by atoms with Crippen LogP contribution in [0.3, 0.4) is 0 Å². The van der Waals surface area contributed by atoms with Crippen molar-refractivity contribution >= 4 is 27.2 Å². The van der Waals surface area contributed by atoms with Gasteiger partial charge in [0.25, 0.3) is 5.91 Å². The Bertz CT molecular complexity index is 1150. The molecule has 0 radical (unpaired) electrons. The molecule has 0 bridgehead atoms. The van der Waals surface area contributed by atoms with Crippen LogP contribution in [-0.2, 0) is 59.0 Å². The normalized spacial score (nSPS) is 17.2. The summed E-state index contributed by atoms with van der Waals surface area (Å²) in [4.78, 5) is 16.8. The third-order valence-corrected chi connectivity index (χ3v) is 9.46. The van der Waals surface area contributed by atoms with E-state index in [0.717, 1.165) is 44.1 Å². The molecular weight excluding hydrogens is 454 g/mol. The highest BCUT2D eigenvalue weighted by atomic mass is 32.2. The summed E-state index contributed by atoms with van der Waals surface area (Å²) in [5, 5.41) is 44.5. The molecule has 0 saturated heterocycles. The van der Waals surface area contributed by atoms with Gasteiger partial charge in [0, 0.05) is 0 Å². The van der Waals surface area contributed by atoms with E-state index in [1.54, 1.807) is 0 Å². The van der Waals surface area contributed by atoms with Gasteiger partial charge in [0.1, 0.15) is 9.22 Å². The first kappa shape index (κ1) is 23.4. The second-order valence-electron chi connectivity index (χ2n) is 8.33. The van der Waals surface area contributed by atoms with E-state index in [-0.39, 0.29) is 21.3 Å². The second-order valence-corrected chi connectivity index (χ2v) is 11.3. The quantitative estimate of drug-likeness (QED) is 0.378. The highest BCUT2D eigenvalue weighted by Crippen LogP contribution is 2.36. The molecule has 11 heteroatoms. The number of carbonyl (C=O) groups excluding carboxylic acids is 1. The summed E-state index contributed by atoms with van der Waals surface area (Å²) in [6, 6.07) is 2.26. The highest BCUT2D eigenvalue weighted by molar-refractivity contribution is 7.93. The van der Waals surface area contributed by atoms with E-state index in [9.17, 15) is 29.4 Å². The summed E-state index contributed by atoms with van der Waals surface area (Å²) in [6.45, 7) is -2.34. The molecule has 0 saturated carbocycles. The van der Waals surface area contributed by atoms with Crippen molar-refractivity contribution in [3.05, 3.63) is 44.6 Å². The molecule has 1 heterocycles. The van der Waals surface area contributed by atoms with Crippen LogP contribution >= 0.6 is 11.3 Å². The number of nitrogens with two attached hydrogens (primary N) is 1. The van der Waals surface area contributed by atoms with Crippen LogP contribution in [0.4, 0.5) is 0 Å². The summed E-state index contributed by atoms with van der Waals surface area (Å²) in [5.41, 5.74) is 3.74. The number of aliphatic hydroxyl groups excluding tert-OH is 3. The Kier molecular flexibility index (Phi) is 6.52. The molecule has 0 spiro atoms. The zero-order chi connectivity index (χ0) is 23.1. The Balaban J connectivity index is 1.69. The van der Waals surface area contributed by atoms with E-state index in [1.165, 1.54) is 22.3 Å². The Morgan fingerprint density at radius 2 is 1.72 bits per heavy atom. The van der Waals surface area contributed by atoms with Crippen molar-refractivity contribution in [2.45, 2.75) is 61.4 Å².